The summed E-state index contributed by atoms with van der Waals surface area (Å²) in [6.45, 7) is 9.05. The molecular weight excluding hydrogens is 521 g/mol. The van der Waals surface area contributed by atoms with E-state index in [0.717, 1.165) is 22.5 Å². The highest BCUT2D eigenvalue weighted by Gasteiger charge is 2.31. The molecule has 1 N–H and O–H groups in total. The molecule has 0 unspecified atom stereocenters. The van der Waals surface area contributed by atoms with Crippen LogP contribution in [0.3, 0.4) is 0 Å². The number of hydrogen-bond acceptors (Lipinski definition) is 4. The number of nitrogens with zero attached hydrogens (tertiary/aromatic N) is 2. The number of rotatable bonds is 11. The van der Waals surface area contributed by atoms with Crippen molar-refractivity contribution in [2.45, 2.75) is 65.6 Å². The molecule has 2 aromatic rings. The summed E-state index contributed by atoms with van der Waals surface area (Å²) in [5, 5.41) is 3.68. The molecule has 0 aliphatic heterocycles. The molecule has 7 nitrogen and oxygen atoms in total. The molecule has 0 heterocycles. The van der Waals surface area contributed by atoms with E-state index in [9.17, 15) is 18.0 Å². The predicted molar refractivity (Wildman–Crippen MR) is 147 cm³/mol. The number of carbonyl (C=O) groups is 2. The van der Waals surface area contributed by atoms with Crippen molar-refractivity contribution in [3.8, 4) is 0 Å². The monoisotopic (exact) mass is 555 g/mol. The average molecular weight is 557 g/mol. The fourth-order valence-electron chi connectivity index (χ4n) is 3.52. The Labute approximate surface area is 224 Å². The molecule has 2 amide bonds. The zero-order valence-electron chi connectivity index (χ0n) is 21.6. The van der Waals surface area contributed by atoms with Gasteiger partial charge in [-0.15, -0.1) is 0 Å². The Morgan fingerprint density at radius 2 is 1.61 bits per heavy atom. The summed E-state index contributed by atoms with van der Waals surface area (Å²) in [5.41, 5.74) is 2.01. The zero-order chi connectivity index (χ0) is 27.2. The van der Waals surface area contributed by atoms with Gasteiger partial charge in [0.1, 0.15) is 12.6 Å². The first-order valence-electron chi connectivity index (χ1n) is 11.9. The van der Waals surface area contributed by atoms with Crippen LogP contribution >= 0.6 is 23.2 Å². The summed E-state index contributed by atoms with van der Waals surface area (Å²) in [6, 6.07) is 11.0. The maximum Gasteiger partial charge on any atom is 0.244 e. The molecule has 0 aliphatic rings. The molecule has 0 fully saturated rings. The minimum absolute atomic E-state index is 0.00776. The summed E-state index contributed by atoms with van der Waals surface area (Å²) >= 11 is 12.4. The second-order valence-corrected chi connectivity index (χ2v) is 12.0. The third-order valence-corrected chi connectivity index (χ3v) is 7.78. The first kappa shape index (κ1) is 29.9. The standard InChI is InChI=1S/C26H35Cl2N3O4S/c1-7-18(4)29-26(33)19(5)30(15-21-8-11-22(27)14-24(21)28)25(32)16-31(36(6,34)35)23-12-9-20(10-13-23)17(2)3/h8-14,17-19H,7,15-16H2,1-6H3,(H,29,33)/t18-,19+/m0/s1. The molecule has 198 valence electrons. The molecule has 10 heteroatoms. The lowest BCUT2D eigenvalue weighted by atomic mass is 10.0. The Hall–Kier alpha value is -2.29. The SMILES string of the molecule is CC[C@H](C)NC(=O)[C@@H](C)N(Cc1ccc(Cl)cc1Cl)C(=O)CN(c1ccc(C(C)C)cc1)S(C)(=O)=O. The Balaban J connectivity index is 2.42. The van der Waals surface area contributed by atoms with Crippen LogP contribution in [-0.2, 0) is 26.2 Å². The third-order valence-electron chi connectivity index (χ3n) is 6.05. The maximum atomic E-state index is 13.6. The van der Waals surface area contributed by atoms with E-state index in [4.69, 9.17) is 23.2 Å². The fourth-order valence-corrected chi connectivity index (χ4v) is 4.84. The van der Waals surface area contributed by atoms with Crippen molar-refractivity contribution in [2.75, 3.05) is 17.1 Å². The molecule has 0 radical (unpaired) electrons. The van der Waals surface area contributed by atoms with Crippen LogP contribution in [-0.4, -0.2) is 50.0 Å². The molecule has 0 spiro atoms. The van der Waals surface area contributed by atoms with Crippen molar-refractivity contribution < 1.29 is 18.0 Å². The Morgan fingerprint density at radius 3 is 2.11 bits per heavy atom. The van der Waals surface area contributed by atoms with E-state index in [1.54, 1.807) is 37.3 Å². The van der Waals surface area contributed by atoms with Gasteiger partial charge in [-0.3, -0.25) is 13.9 Å². The lowest BCUT2D eigenvalue weighted by Crippen LogP contribution is -2.52. The number of amides is 2. The lowest BCUT2D eigenvalue weighted by Gasteiger charge is -2.32. The van der Waals surface area contributed by atoms with E-state index in [-0.39, 0.29) is 24.4 Å². The van der Waals surface area contributed by atoms with Gasteiger partial charge in [-0.1, -0.05) is 62.2 Å². The van der Waals surface area contributed by atoms with Crippen molar-refractivity contribution in [1.29, 1.82) is 0 Å². The Kier molecular flexibility index (Phi) is 10.6. The number of nitrogens with one attached hydrogen (secondary N) is 1. The van der Waals surface area contributed by atoms with Crippen LogP contribution in [0.2, 0.25) is 10.0 Å². The van der Waals surface area contributed by atoms with Crippen LogP contribution in [0.25, 0.3) is 0 Å². The molecule has 2 aromatic carbocycles. The highest BCUT2D eigenvalue weighted by molar-refractivity contribution is 7.92. The van der Waals surface area contributed by atoms with Crippen molar-refractivity contribution in [2.24, 2.45) is 0 Å². The van der Waals surface area contributed by atoms with Gasteiger partial charge in [0.25, 0.3) is 0 Å². The van der Waals surface area contributed by atoms with E-state index in [1.807, 2.05) is 39.8 Å². The zero-order valence-corrected chi connectivity index (χ0v) is 23.9. The van der Waals surface area contributed by atoms with Crippen LogP contribution in [0, 0.1) is 0 Å². The molecule has 0 aliphatic carbocycles. The van der Waals surface area contributed by atoms with Crippen LogP contribution in [0.1, 0.15) is 58.1 Å². The molecular formula is C26H35Cl2N3O4S. The van der Waals surface area contributed by atoms with E-state index in [2.05, 4.69) is 5.32 Å². The number of carbonyl (C=O) groups excluding carboxylic acids is 2. The van der Waals surface area contributed by atoms with Gasteiger partial charge < -0.3 is 10.2 Å². The van der Waals surface area contributed by atoms with Crippen molar-refractivity contribution in [3.05, 3.63) is 63.6 Å². The molecule has 2 atom stereocenters. The van der Waals surface area contributed by atoms with Crippen molar-refractivity contribution in [1.82, 2.24) is 10.2 Å². The fraction of sp³-hybridized carbons (Fsp3) is 0.462. The van der Waals surface area contributed by atoms with Gasteiger partial charge in [-0.2, -0.15) is 0 Å². The first-order valence-corrected chi connectivity index (χ1v) is 14.5. The third kappa shape index (κ3) is 8.11. The first-order chi connectivity index (χ1) is 16.7. The summed E-state index contributed by atoms with van der Waals surface area (Å²) in [5.74, 6) is -0.599. The lowest BCUT2D eigenvalue weighted by molar-refractivity contribution is -0.139. The molecule has 36 heavy (non-hydrogen) atoms. The van der Waals surface area contributed by atoms with Crippen LogP contribution < -0.4 is 9.62 Å². The number of benzene rings is 2. The predicted octanol–water partition coefficient (Wildman–Crippen LogP) is 5.21. The highest BCUT2D eigenvalue weighted by atomic mass is 35.5. The number of halogens is 2. The second-order valence-electron chi connectivity index (χ2n) is 9.27. The van der Waals surface area contributed by atoms with Gasteiger partial charge in [0.15, 0.2) is 0 Å². The molecule has 2 rings (SSSR count). The van der Waals surface area contributed by atoms with Crippen molar-refractivity contribution >= 4 is 50.7 Å². The number of sulfonamides is 1. The quantitative estimate of drug-likeness (QED) is 0.412. The summed E-state index contributed by atoms with van der Waals surface area (Å²) in [7, 11) is -3.79. The van der Waals surface area contributed by atoms with Gasteiger partial charge in [0.2, 0.25) is 21.8 Å². The topological polar surface area (TPSA) is 86.8 Å². The average Bonchev–Trinajstić information content (AvgIpc) is 2.80. The van der Waals surface area contributed by atoms with Crippen molar-refractivity contribution in [3.63, 3.8) is 0 Å². The Bertz CT molecular complexity index is 1170. The van der Waals surface area contributed by atoms with Gasteiger partial charge in [0.05, 0.1) is 11.9 Å². The van der Waals surface area contributed by atoms with Crippen LogP contribution in [0.4, 0.5) is 5.69 Å². The van der Waals surface area contributed by atoms with Gasteiger partial charge in [0, 0.05) is 22.6 Å². The summed E-state index contributed by atoms with van der Waals surface area (Å²) < 4.78 is 26.4. The maximum absolute atomic E-state index is 13.6. The van der Waals surface area contributed by atoms with Gasteiger partial charge >= 0.3 is 0 Å². The van der Waals surface area contributed by atoms with E-state index >= 15 is 0 Å². The van der Waals surface area contributed by atoms with Gasteiger partial charge in [-0.05, 0) is 61.6 Å². The van der Waals surface area contributed by atoms with Gasteiger partial charge in [-0.25, -0.2) is 8.42 Å². The normalized spacial score (nSPS) is 13.2. The van der Waals surface area contributed by atoms with E-state index < -0.39 is 28.5 Å². The second kappa shape index (κ2) is 12.8. The smallest absolute Gasteiger partial charge is 0.244 e. The number of hydrogen-bond donors (Lipinski definition) is 1. The highest BCUT2D eigenvalue weighted by Crippen LogP contribution is 2.25. The van der Waals surface area contributed by atoms with E-state index in [0.29, 0.717) is 21.3 Å². The summed E-state index contributed by atoms with van der Waals surface area (Å²) in [4.78, 5) is 27.9. The largest absolute Gasteiger partial charge is 0.352 e. The molecule has 0 saturated carbocycles. The van der Waals surface area contributed by atoms with Crippen LogP contribution in [0.5, 0.6) is 0 Å². The number of anilines is 1. The molecule has 0 saturated heterocycles. The molecule has 0 aromatic heterocycles. The molecule has 0 bridgehead atoms. The van der Waals surface area contributed by atoms with E-state index in [1.165, 1.54) is 4.90 Å². The summed E-state index contributed by atoms with van der Waals surface area (Å²) in [6.07, 6.45) is 1.78. The minimum atomic E-state index is -3.79. The van der Waals surface area contributed by atoms with Crippen LogP contribution in [0.15, 0.2) is 42.5 Å². The Morgan fingerprint density at radius 1 is 1.00 bits per heavy atom. The minimum Gasteiger partial charge on any atom is -0.352 e.